The van der Waals surface area contributed by atoms with Gasteiger partial charge < -0.3 is 15.2 Å². The van der Waals surface area contributed by atoms with Crippen molar-refractivity contribution in [1.29, 1.82) is 0 Å². The lowest BCUT2D eigenvalue weighted by atomic mass is 9.80. The molecule has 1 rings (SSSR count). The molecule has 0 spiro atoms. The zero-order chi connectivity index (χ0) is 9.84. The summed E-state index contributed by atoms with van der Waals surface area (Å²) in [6.07, 6.45) is 0.558. The highest BCUT2D eigenvalue weighted by molar-refractivity contribution is 9.10. The van der Waals surface area contributed by atoms with Crippen LogP contribution in [-0.4, -0.2) is 28.9 Å². The summed E-state index contributed by atoms with van der Waals surface area (Å²) in [5.74, 6) is 0. The fraction of sp³-hybridized carbons (Fsp3) is 0.250. The Morgan fingerprint density at radius 2 is 2.00 bits per heavy atom. The molecule has 1 aromatic rings. The number of halogens is 1. The van der Waals surface area contributed by atoms with E-state index in [1.54, 1.807) is 18.2 Å². The Morgan fingerprint density at radius 1 is 1.31 bits per heavy atom. The molecule has 3 N–H and O–H groups in total. The van der Waals surface area contributed by atoms with Gasteiger partial charge >= 0.3 is 7.12 Å². The molecule has 0 aliphatic heterocycles. The van der Waals surface area contributed by atoms with Crippen LogP contribution in [0.25, 0.3) is 0 Å². The Bertz CT molecular complexity index is 291. The Morgan fingerprint density at radius 3 is 2.46 bits per heavy atom. The molecular weight excluding hydrogens is 235 g/mol. The summed E-state index contributed by atoms with van der Waals surface area (Å²) in [5, 5.41) is 26.4. The maximum absolute atomic E-state index is 8.85. The third-order valence-corrected chi connectivity index (χ3v) is 2.49. The summed E-state index contributed by atoms with van der Waals surface area (Å²) in [6, 6.07) is 5.02. The standard InChI is InChI=1S/C8H10BBrO3/c10-8-5-7(9(12)13)2-1-6(8)3-4-11/h1-2,5,11-13H,3-4H2. The quantitative estimate of drug-likeness (QED) is 0.638. The van der Waals surface area contributed by atoms with Gasteiger partial charge in [-0.3, -0.25) is 0 Å². The van der Waals surface area contributed by atoms with Crippen molar-refractivity contribution in [3.8, 4) is 0 Å². The monoisotopic (exact) mass is 244 g/mol. The van der Waals surface area contributed by atoms with Crippen molar-refractivity contribution >= 4 is 28.5 Å². The molecule has 0 bridgehead atoms. The van der Waals surface area contributed by atoms with E-state index in [1.807, 2.05) is 0 Å². The zero-order valence-corrected chi connectivity index (χ0v) is 8.53. The van der Waals surface area contributed by atoms with Gasteiger partial charge in [0.15, 0.2) is 0 Å². The van der Waals surface area contributed by atoms with Crippen molar-refractivity contribution in [2.75, 3.05) is 6.61 Å². The van der Waals surface area contributed by atoms with Crippen LogP contribution in [0.4, 0.5) is 0 Å². The molecule has 0 aliphatic carbocycles. The third-order valence-electron chi connectivity index (χ3n) is 1.76. The summed E-state index contributed by atoms with van der Waals surface area (Å²) in [5.41, 5.74) is 1.39. The molecule has 0 unspecified atom stereocenters. The molecule has 0 aromatic heterocycles. The maximum atomic E-state index is 8.85. The second kappa shape index (κ2) is 4.76. The Balaban J connectivity index is 2.92. The first-order valence-electron chi connectivity index (χ1n) is 3.90. The van der Waals surface area contributed by atoms with Crippen molar-refractivity contribution < 1.29 is 15.2 Å². The van der Waals surface area contributed by atoms with E-state index in [0.717, 1.165) is 10.0 Å². The molecule has 5 heteroatoms. The average Bonchev–Trinajstić information content (AvgIpc) is 2.08. The predicted molar refractivity (Wildman–Crippen MR) is 54.8 cm³/mol. The molecule has 0 heterocycles. The van der Waals surface area contributed by atoms with Gasteiger partial charge in [0.2, 0.25) is 0 Å². The van der Waals surface area contributed by atoms with Crippen molar-refractivity contribution in [2.24, 2.45) is 0 Å². The average molecular weight is 245 g/mol. The smallest absolute Gasteiger partial charge is 0.423 e. The first kappa shape index (κ1) is 10.7. The van der Waals surface area contributed by atoms with Crippen LogP contribution in [0.1, 0.15) is 5.56 Å². The summed E-state index contributed by atoms with van der Waals surface area (Å²) >= 11 is 3.28. The van der Waals surface area contributed by atoms with Gasteiger partial charge in [-0.05, 0) is 23.5 Å². The molecule has 0 saturated carbocycles. The topological polar surface area (TPSA) is 60.7 Å². The van der Waals surface area contributed by atoms with E-state index in [0.29, 0.717) is 11.9 Å². The van der Waals surface area contributed by atoms with E-state index in [2.05, 4.69) is 15.9 Å². The Hall–Kier alpha value is -0.355. The first-order valence-corrected chi connectivity index (χ1v) is 4.69. The van der Waals surface area contributed by atoms with Gasteiger partial charge in [0.05, 0.1) is 0 Å². The molecule has 0 saturated heterocycles. The van der Waals surface area contributed by atoms with Crippen LogP contribution in [0, 0.1) is 0 Å². The lowest BCUT2D eigenvalue weighted by Gasteiger charge is -2.05. The minimum atomic E-state index is -1.44. The van der Waals surface area contributed by atoms with Gasteiger partial charge in [0.25, 0.3) is 0 Å². The second-order valence-corrected chi connectivity index (χ2v) is 3.55. The Kier molecular flexibility index (Phi) is 3.93. The molecule has 70 valence electrons. The fourth-order valence-corrected chi connectivity index (χ4v) is 1.64. The summed E-state index contributed by atoms with van der Waals surface area (Å²) in [6.45, 7) is 0.0830. The number of hydrogen-bond acceptors (Lipinski definition) is 3. The zero-order valence-electron chi connectivity index (χ0n) is 6.94. The Labute approximate surface area is 85.3 Å². The van der Waals surface area contributed by atoms with Crippen LogP contribution in [0.2, 0.25) is 0 Å². The normalized spacial score (nSPS) is 10.2. The van der Waals surface area contributed by atoms with Gasteiger partial charge in [0.1, 0.15) is 0 Å². The highest BCUT2D eigenvalue weighted by Gasteiger charge is 2.11. The van der Waals surface area contributed by atoms with Gasteiger partial charge in [-0.1, -0.05) is 28.1 Å². The van der Waals surface area contributed by atoms with Crippen LogP contribution in [-0.2, 0) is 6.42 Å². The van der Waals surface area contributed by atoms with E-state index in [-0.39, 0.29) is 6.61 Å². The number of aliphatic hydroxyl groups is 1. The molecule has 0 atom stereocenters. The van der Waals surface area contributed by atoms with Crippen molar-refractivity contribution in [1.82, 2.24) is 0 Å². The van der Waals surface area contributed by atoms with Crippen LogP contribution >= 0.6 is 15.9 Å². The van der Waals surface area contributed by atoms with Crippen molar-refractivity contribution in [3.63, 3.8) is 0 Å². The van der Waals surface area contributed by atoms with Crippen molar-refractivity contribution in [2.45, 2.75) is 6.42 Å². The first-order chi connectivity index (χ1) is 6.15. The van der Waals surface area contributed by atoms with Gasteiger partial charge in [-0.25, -0.2) is 0 Å². The van der Waals surface area contributed by atoms with Gasteiger partial charge in [0, 0.05) is 11.1 Å². The molecule has 1 aromatic carbocycles. The summed E-state index contributed by atoms with van der Waals surface area (Å²) < 4.78 is 0.784. The molecule has 13 heavy (non-hydrogen) atoms. The lowest BCUT2D eigenvalue weighted by Crippen LogP contribution is -2.29. The number of aliphatic hydroxyl groups excluding tert-OH is 1. The van der Waals surface area contributed by atoms with Crippen LogP contribution in [0.5, 0.6) is 0 Å². The van der Waals surface area contributed by atoms with E-state index < -0.39 is 7.12 Å². The highest BCUT2D eigenvalue weighted by atomic mass is 79.9. The van der Waals surface area contributed by atoms with E-state index >= 15 is 0 Å². The minimum absolute atomic E-state index is 0.0830. The number of benzene rings is 1. The second-order valence-electron chi connectivity index (χ2n) is 2.70. The third kappa shape index (κ3) is 2.81. The van der Waals surface area contributed by atoms with Crippen LogP contribution in [0.3, 0.4) is 0 Å². The summed E-state index contributed by atoms with van der Waals surface area (Å²) in [4.78, 5) is 0. The minimum Gasteiger partial charge on any atom is -0.423 e. The fourth-order valence-electron chi connectivity index (χ4n) is 1.05. The highest BCUT2D eigenvalue weighted by Crippen LogP contribution is 2.15. The lowest BCUT2D eigenvalue weighted by molar-refractivity contribution is 0.299. The van der Waals surface area contributed by atoms with E-state index in [4.69, 9.17) is 15.2 Å². The largest absolute Gasteiger partial charge is 0.488 e. The summed E-state index contributed by atoms with van der Waals surface area (Å²) in [7, 11) is -1.44. The number of rotatable bonds is 3. The van der Waals surface area contributed by atoms with Gasteiger partial charge in [-0.2, -0.15) is 0 Å². The molecular formula is C8H10BBrO3. The molecule has 0 amide bonds. The number of hydrogen-bond donors (Lipinski definition) is 3. The molecule has 0 radical (unpaired) electrons. The van der Waals surface area contributed by atoms with E-state index in [1.165, 1.54) is 0 Å². The molecule has 3 nitrogen and oxygen atoms in total. The maximum Gasteiger partial charge on any atom is 0.488 e. The van der Waals surface area contributed by atoms with Crippen LogP contribution < -0.4 is 5.46 Å². The van der Waals surface area contributed by atoms with Gasteiger partial charge in [-0.15, -0.1) is 0 Å². The predicted octanol–water partition coefficient (Wildman–Crippen LogP) is -0.336. The van der Waals surface area contributed by atoms with Crippen LogP contribution in [0.15, 0.2) is 22.7 Å². The molecule has 0 fully saturated rings. The van der Waals surface area contributed by atoms with Crippen molar-refractivity contribution in [3.05, 3.63) is 28.2 Å². The molecule has 0 aliphatic rings. The van der Waals surface area contributed by atoms with E-state index in [9.17, 15) is 0 Å². The SMILES string of the molecule is OCCc1ccc(B(O)O)cc1Br.